The third kappa shape index (κ3) is 4.19. The molecule has 0 amide bonds. The molecule has 0 spiro atoms. The Morgan fingerprint density at radius 1 is 1.10 bits per heavy atom. The summed E-state index contributed by atoms with van der Waals surface area (Å²) in [5.41, 5.74) is 0. The van der Waals surface area contributed by atoms with E-state index in [4.69, 9.17) is 5.20 Å². The summed E-state index contributed by atoms with van der Waals surface area (Å²) in [7, 11) is -1.93. The zero-order valence-electron chi connectivity index (χ0n) is 4.08. The van der Waals surface area contributed by atoms with Gasteiger partial charge in [-0.3, -0.25) is 0 Å². The fourth-order valence-corrected chi connectivity index (χ4v) is 4.18. The van der Waals surface area contributed by atoms with Crippen LogP contribution in [0.1, 0.15) is 0 Å². The van der Waals surface area contributed by atoms with Gasteiger partial charge in [-0.05, 0) is 0 Å². The topological polar surface area (TPSA) is 43.5 Å². The maximum atomic E-state index is 5.02. The van der Waals surface area contributed by atoms with Crippen LogP contribution in [-0.4, -0.2) is 69.0 Å². The van der Waals surface area contributed by atoms with Gasteiger partial charge in [-0.15, -0.1) is 0 Å². The van der Waals surface area contributed by atoms with E-state index in [1.807, 2.05) is 0 Å². The second-order valence-electron chi connectivity index (χ2n) is 1.51. The van der Waals surface area contributed by atoms with Gasteiger partial charge in [0.15, 0.2) is 0 Å². The van der Waals surface area contributed by atoms with Crippen LogP contribution < -0.4 is 0 Å². The van der Waals surface area contributed by atoms with Crippen molar-refractivity contribution in [2.24, 2.45) is 0 Å². The summed E-state index contributed by atoms with van der Waals surface area (Å²) in [4.78, 5) is 0. The minimum atomic E-state index is -2.63. The molecule has 48 valence electrons. The van der Waals surface area contributed by atoms with Gasteiger partial charge in [0.1, 0.15) is 0 Å². The molecule has 1 aliphatic rings. The molecule has 0 bridgehead atoms. The Morgan fingerprint density at radius 2 is 1.40 bits per heavy atom. The van der Waals surface area contributed by atoms with Crippen LogP contribution in [0.15, 0.2) is 0 Å². The van der Waals surface area contributed by atoms with Crippen LogP contribution >= 0.6 is 7.06 Å². The van der Waals surface area contributed by atoms with Crippen molar-refractivity contribution in [3.05, 3.63) is 0 Å². The van der Waals surface area contributed by atoms with Crippen molar-refractivity contribution in [1.29, 1.82) is 0 Å². The minimum absolute atomic E-state index is 0. The van der Waals surface area contributed by atoms with Gasteiger partial charge < -0.3 is 0 Å². The zero-order chi connectivity index (χ0) is 6.28. The van der Waals surface area contributed by atoms with E-state index in [-0.39, 0.29) is 59.1 Å². The molecule has 4 nitrogen and oxygen atoms in total. The van der Waals surface area contributed by atoms with E-state index in [9.17, 15) is 0 Å². The van der Waals surface area contributed by atoms with Crippen molar-refractivity contribution in [2.75, 3.05) is 0 Å². The van der Waals surface area contributed by atoms with Gasteiger partial charge in [0.2, 0.25) is 0 Å². The van der Waals surface area contributed by atoms with Crippen molar-refractivity contribution in [3.63, 3.8) is 0 Å². The van der Waals surface area contributed by atoms with Gasteiger partial charge in [0, 0.05) is 0 Å². The van der Waals surface area contributed by atoms with E-state index in [1.165, 1.54) is 0 Å². The summed E-state index contributed by atoms with van der Waals surface area (Å²) in [5.74, 6) is 0. The zero-order valence-corrected chi connectivity index (χ0v) is 11.9. The van der Waals surface area contributed by atoms with Crippen LogP contribution in [0, 0.1) is 0 Å². The van der Waals surface area contributed by atoms with Gasteiger partial charge in [0.25, 0.3) is 0 Å². The summed E-state index contributed by atoms with van der Waals surface area (Å²) in [6, 6.07) is 0. The Hall–Kier alpha value is 4.25. The summed E-state index contributed by atoms with van der Waals surface area (Å²) >= 11 is 1.90. The molecule has 1 aliphatic heterocycles. The SMILES string of the molecule is [NaH].[NaH].[SiH3]P1([O][Zr])([O][Zr])OO1. The third-order valence-electron chi connectivity index (χ3n) is 0.752. The summed E-state index contributed by atoms with van der Waals surface area (Å²) in [6.07, 6.45) is 0. The van der Waals surface area contributed by atoms with Crippen molar-refractivity contribution < 1.29 is 64.9 Å². The van der Waals surface area contributed by atoms with Crippen molar-refractivity contribution >= 4 is 76.1 Å². The molecule has 0 saturated carbocycles. The van der Waals surface area contributed by atoms with Crippen molar-refractivity contribution in [1.82, 2.24) is 0 Å². The number of hydrogen-bond acceptors (Lipinski definition) is 4. The normalized spacial score (nSPS) is 28.0. The number of hydrogen-bond donors (Lipinski definition) is 0. The monoisotopic (exact) mass is 354 g/mol. The molecule has 1 heterocycles. The Labute approximate surface area is 138 Å². The van der Waals surface area contributed by atoms with E-state index in [0.717, 1.165) is 50.3 Å². The molecule has 0 N–H and O–H groups in total. The summed E-state index contributed by atoms with van der Waals surface area (Å²) < 4.78 is 19.4. The Bertz CT molecular complexity index is 112. The molecule has 1 fully saturated rings. The number of rotatable bonds is 2. The third-order valence-corrected chi connectivity index (χ3v) is 15.6. The van der Waals surface area contributed by atoms with E-state index >= 15 is 0 Å². The predicted molar refractivity (Wildman–Crippen MR) is 35.5 cm³/mol. The van der Waals surface area contributed by atoms with Gasteiger partial charge in [-0.1, -0.05) is 0 Å². The predicted octanol–water partition coefficient (Wildman–Crippen LogP) is -1.90. The Balaban J connectivity index is 0. The van der Waals surface area contributed by atoms with Crippen LogP contribution in [0.5, 0.6) is 0 Å². The Morgan fingerprint density at radius 3 is 1.40 bits per heavy atom. The van der Waals surface area contributed by atoms with Gasteiger partial charge in [-0.2, -0.15) is 0 Å². The molecule has 0 aromatic heterocycles. The maximum absolute atomic E-state index is 5.02. The molecule has 10 heavy (non-hydrogen) atoms. The molecular formula is H5Na2O4PSiZr2. The first-order chi connectivity index (χ1) is 3.63. The van der Waals surface area contributed by atoms with Crippen LogP contribution in [0.4, 0.5) is 0 Å². The average molecular weight is 357 g/mol. The van der Waals surface area contributed by atoms with Gasteiger partial charge in [0.05, 0.1) is 0 Å². The quantitative estimate of drug-likeness (QED) is 0.251. The van der Waals surface area contributed by atoms with Crippen LogP contribution in [0.2, 0.25) is 0 Å². The van der Waals surface area contributed by atoms with Crippen LogP contribution in [0.25, 0.3) is 0 Å². The second-order valence-corrected chi connectivity index (χ2v) is 11.6. The van der Waals surface area contributed by atoms with E-state index in [2.05, 4.69) is 9.35 Å². The summed E-state index contributed by atoms with van der Waals surface area (Å²) in [5, 5.41) is 0. The molecule has 0 unspecified atom stereocenters. The fourth-order valence-electron chi connectivity index (χ4n) is 0.140. The molecule has 0 aromatic rings. The van der Waals surface area contributed by atoms with Crippen molar-refractivity contribution in [3.8, 4) is 0 Å². The van der Waals surface area contributed by atoms with Crippen LogP contribution in [-0.2, 0) is 64.9 Å². The molecular weight excluding hydrogens is 351 g/mol. The fraction of sp³-hybridized carbons (Fsp3) is 0. The van der Waals surface area contributed by atoms with Gasteiger partial charge >= 0.3 is 141 Å². The first kappa shape index (κ1) is 16.7. The summed E-state index contributed by atoms with van der Waals surface area (Å²) in [6.45, 7) is 0. The van der Waals surface area contributed by atoms with Gasteiger partial charge in [-0.25, -0.2) is 0 Å². The second kappa shape index (κ2) is 5.97. The molecule has 10 heteroatoms. The first-order valence-electron chi connectivity index (χ1n) is 1.75. The molecule has 0 aliphatic carbocycles. The molecule has 0 aromatic carbocycles. The van der Waals surface area contributed by atoms with E-state index in [1.54, 1.807) is 0 Å². The average Bonchev–Trinajstić information content (AvgIpc) is 2.49. The molecule has 0 radical (unpaired) electrons. The van der Waals surface area contributed by atoms with Crippen LogP contribution in [0.3, 0.4) is 0 Å². The standard InChI is InChI=1S/2Na.H3O4PSi.2Zr.2H/c;;1-5(2,6)3-4-5;;;;/h;;6H3;;;;/q;;-2;2*+1;;. The molecule has 0 atom stereocenters. The molecule has 1 rings (SSSR count). The first-order valence-corrected chi connectivity index (χ1v) is 8.80. The van der Waals surface area contributed by atoms with Crippen molar-refractivity contribution in [2.45, 2.75) is 0 Å². The van der Waals surface area contributed by atoms with E-state index in [0.29, 0.717) is 9.91 Å². The van der Waals surface area contributed by atoms with E-state index < -0.39 is 7.06 Å². The Kier molecular flexibility index (Phi) is 9.96. The molecule has 1 saturated heterocycles.